The number of hydrogen-bond acceptors (Lipinski definition) is 2. The fraction of sp³-hybridized carbons (Fsp3) is 0.364. The van der Waals surface area contributed by atoms with Crippen molar-refractivity contribution in [3.63, 3.8) is 0 Å². The van der Waals surface area contributed by atoms with Gasteiger partial charge in [-0.15, -0.1) is 0 Å². The SMILES string of the molecule is CC(C)COC(=O)c1cc(Cl)ccc1Cl. The van der Waals surface area contributed by atoms with Gasteiger partial charge in [0.25, 0.3) is 0 Å². The van der Waals surface area contributed by atoms with Crippen LogP contribution in [0.2, 0.25) is 10.0 Å². The van der Waals surface area contributed by atoms with E-state index < -0.39 is 5.97 Å². The van der Waals surface area contributed by atoms with Gasteiger partial charge in [-0.1, -0.05) is 37.0 Å². The first-order chi connectivity index (χ1) is 7.00. The molecule has 0 spiro atoms. The van der Waals surface area contributed by atoms with E-state index in [0.717, 1.165) is 0 Å². The topological polar surface area (TPSA) is 26.3 Å². The molecule has 0 amide bonds. The van der Waals surface area contributed by atoms with Crippen molar-refractivity contribution in [1.82, 2.24) is 0 Å². The van der Waals surface area contributed by atoms with E-state index in [9.17, 15) is 4.79 Å². The molecule has 0 fully saturated rings. The van der Waals surface area contributed by atoms with E-state index in [0.29, 0.717) is 28.1 Å². The number of benzene rings is 1. The molecule has 0 heterocycles. The molecule has 0 aliphatic heterocycles. The molecule has 0 radical (unpaired) electrons. The molecule has 2 nitrogen and oxygen atoms in total. The molecule has 1 rings (SSSR count). The Morgan fingerprint density at radius 3 is 2.67 bits per heavy atom. The summed E-state index contributed by atoms with van der Waals surface area (Å²) in [6.07, 6.45) is 0. The van der Waals surface area contributed by atoms with Gasteiger partial charge in [-0.3, -0.25) is 0 Å². The van der Waals surface area contributed by atoms with Crippen molar-refractivity contribution in [3.05, 3.63) is 33.8 Å². The first-order valence-electron chi connectivity index (χ1n) is 4.63. The quantitative estimate of drug-likeness (QED) is 0.759. The summed E-state index contributed by atoms with van der Waals surface area (Å²) < 4.78 is 5.04. The molecule has 0 aliphatic carbocycles. The van der Waals surface area contributed by atoms with E-state index in [1.807, 2.05) is 13.8 Å². The predicted molar refractivity (Wildman–Crippen MR) is 61.6 cm³/mol. The highest BCUT2D eigenvalue weighted by molar-refractivity contribution is 6.35. The number of ether oxygens (including phenoxy) is 1. The van der Waals surface area contributed by atoms with Crippen molar-refractivity contribution in [3.8, 4) is 0 Å². The van der Waals surface area contributed by atoms with Crippen molar-refractivity contribution in [1.29, 1.82) is 0 Å². The van der Waals surface area contributed by atoms with Gasteiger partial charge in [-0.25, -0.2) is 4.79 Å². The monoisotopic (exact) mass is 246 g/mol. The molecule has 0 N–H and O–H groups in total. The maximum absolute atomic E-state index is 11.6. The number of carbonyl (C=O) groups is 1. The van der Waals surface area contributed by atoms with Crippen molar-refractivity contribution in [2.75, 3.05) is 6.61 Å². The van der Waals surface area contributed by atoms with Crippen LogP contribution in [-0.4, -0.2) is 12.6 Å². The zero-order valence-electron chi connectivity index (χ0n) is 8.59. The maximum atomic E-state index is 11.6. The number of halogens is 2. The molecule has 15 heavy (non-hydrogen) atoms. The average Bonchev–Trinajstić information content (AvgIpc) is 2.18. The Balaban J connectivity index is 2.77. The summed E-state index contributed by atoms with van der Waals surface area (Å²) in [5.41, 5.74) is 0.310. The lowest BCUT2D eigenvalue weighted by Gasteiger charge is -2.08. The lowest BCUT2D eigenvalue weighted by atomic mass is 10.2. The molecule has 0 saturated carbocycles. The highest BCUT2D eigenvalue weighted by Gasteiger charge is 2.12. The predicted octanol–water partition coefficient (Wildman–Crippen LogP) is 3.81. The molecule has 0 atom stereocenters. The molecule has 1 aromatic rings. The van der Waals surface area contributed by atoms with Crippen LogP contribution in [0.15, 0.2) is 18.2 Å². The Kier molecular flexibility index (Phi) is 4.43. The molecule has 0 saturated heterocycles. The minimum atomic E-state index is -0.434. The average molecular weight is 247 g/mol. The van der Waals surface area contributed by atoms with Crippen LogP contribution in [0.1, 0.15) is 24.2 Å². The molecular weight excluding hydrogens is 235 g/mol. The lowest BCUT2D eigenvalue weighted by Crippen LogP contribution is -2.10. The van der Waals surface area contributed by atoms with Gasteiger partial charge in [0.15, 0.2) is 0 Å². The lowest BCUT2D eigenvalue weighted by molar-refractivity contribution is 0.0459. The van der Waals surface area contributed by atoms with Crippen LogP contribution in [0.5, 0.6) is 0 Å². The van der Waals surface area contributed by atoms with E-state index in [4.69, 9.17) is 27.9 Å². The van der Waals surface area contributed by atoms with Gasteiger partial charge >= 0.3 is 5.97 Å². The fourth-order valence-electron chi connectivity index (χ4n) is 0.974. The Bertz CT molecular complexity index is 362. The van der Waals surface area contributed by atoms with E-state index in [2.05, 4.69) is 0 Å². The van der Waals surface area contributed by atoms with Gasteiger partial charge in [-0.05, 0) is 24.1 Å². The summed E-state index contributed by atoms with van der Waals surface area (Å²) in [6.45, 7) is 4.31. The Hall–Kier alpha value is -0.730. The van der Waals surface area contributed by atoms with Crippen LogP contribution in [0, 0.1) is 5.92 Å². The van der Waals surface area contributed by atoms with Crippen LogP contribution < -0.4 is 0 Å². The third kappa shape index (κ3) is 3.73. The van der Waals surface area contributed by atoms with Crippen LogP contribution in [0.25, 0.3) is 0 Å². The highest BCUT2D eigenvalue weighted by Crippen LogP contribution is 2.21. The third-order valence-corrected chi connectivity index (χ3v) is 2.26. The molecule has 0 bridgehead atoms. The first-order valence-corrected chi connectivity index (χ1v) is 5.38. The van der Waals surface area contributed by atoms with Gasteiger partial charge in [0.05, 0.1) is 17.2 Å². The van der Waals surface area contributed by atoms with Gasteiger partial charge in [0.2, 0.25) is 0 Å². The van der Waals surface area contributed by atoms with Crippen molar-refractivity contribution >= 4 is 29.2 Å². The number of rotatable bonds is 3. The molecule has 0 unspecified atom stereocenters. The molecule has 0 aliphatic rings. The summed E-state index contributed by atoms with van der Waals surface area (Å²) in [4.78, 5) is 11.6. The highest BCUT2D eigenvalue weighted by atomic mass is 35.5. The normalized spacial score (nSPS) is 10.5. The minimum Gasteiger partial charge on any atom is -0.462 e. The molecule has 4 heteroatoms. The number of esters is 1. The zero-order chi connectivity index (χ0) is 11.4. The Morgan fingerprint density at radius 1 is 1.40 bits per heavy atom. The van der Waals surface area contributed by atoms with Crippen molar-refractivity contribution < 1.29 is 9.53 Å². The second kappa shape index (κ2) is 5.38. The minimum absolute atomic E-state index is 0.298. The maximum Gasteiger partial charge on any atom is 0.339 e. The van der Waals surface area contributed by atoms with Gasteiger partial charge in [-0.2, -0.15) is 0 Å². The number of hydrogen-bond donors (Lipinski definition) is 0. The van der Waals surface area contributed by atoms with Gasteiger partial charge in [0, 0.05) is 5.02 Å². The Morgan fingerprint density at radius 2 is 2.07 bits per heavy atom. The van der Waals surface area contributed by atoms with Crippen molar-refractivity contribution in [2.24, 2.45) is 5.92 Å². The molecule has 82 valence electrons. The summed E-state index contributed by atoms with van der Waals surface area (Å²) in [5, 5.41) is 0.823. The standard InChI is InChI=1S/C11H12Cl2O2/c1-7(2)6-15-11(14)9-5-8(12)3-4-10(9)13/h3-5,7H,6H2,1-2H3. The smallest absolute Gasteiger partial charge is 0.339 e. The van der Waals surface area contributed by atoms with Crippen LogP contribution >= 0.6 is 23.2 Å². The first kappa shape index (κ1) is 12.3. The van der Waals surface area contributed by atoms with Gasteiger partial charge in [0.1, 0.15) is 0 Å². The summed E-state index contributed by atoms with van der Waals surface area (Å²) >= 11 is 11.6. The van der Waals surface area contributed by atoms with Crippen LogP contribution in [0.3, 0.4) is 0 Å². The van der Waals surface area contributed by atoms with Crippen molar-refractivity contribution in [2.45, 2.75) is 13.8 Å². The Labute approximate surface area is 99.1 Å². The van der Waals surface area contributed by atoms with E-state index >= 15 is 0 Å². The third-order valence-electron chi connectivity index (χ3n) is 1.70. The summed E-state index contributed by atoms with van der Waals surface area (Å²) in [5.74, 6) is -0.136. The molecular formula is C11H12Cl2O2. The fourth-order valence-corrected chi connectivity index (χ4v) is 1.34. The summed E-state index contributed by atoms with van der Waals surface area (Å²) in [6, 6.07) is 4.71. The van der Waals surface area contributed by atoms with E-state index in [-0.39, 0.29) is 0 Å². The van der Waals surface area contributed by atoms with Gasteiger partial charge < -0.3 is 4.74 Å². The van der Waals surface area contributed by atoms with E-state index in [1.54, 1.807) is 12.1 Å². The van der Waals surface area contributed by atoms with E-state index in [1.165, 1.54) is 6.07 Å². The largest absolute Gasteiger partial charge is 0.462 e. The van der Waals surface area contributed by atoms with Crippen LogP contribution in [-0.2, 0) is 4.74 Å². The second-order valence-corrected chi connectivity index (χ2v) is 4.46. The zero-order valence-corrected chi connectivity index (χ0v) is 10.1. The molecule has 0 aromatic heterocycles. The van der Waals surface area contributed by atoms with Crippen LogP contribution in [0.4, 0.5) is 0 Å². The summed E-state index contributed by atoms with van der Waals surface area (Å²) in [7, 11) is 0. The second-order valence-electron chi connectivity index (χ2n) is 3.62. The number of carbonyl (C=O) groups excluding carboxylic acids is 1. The molecule has 1 aromatic carbocycles.